The molecule has 1 amide bonds. The fourth-order valence-corrected chi connectivity index (χ4v) is 2.38. The SMILES string of the molecule is CC(C)Sc1ccc(CCNC(=O)CCO)cc1. The van der Waals surface area contributed by atoms with E-state index in [0.717, 1.165) is 6.42 Å². The first-order chi connectivity index (χ1) is 8.61. The van der Waals surface area contributed by atoms with Crippen molar-refractivity contribution in [2.24, 2.45) is 0 Å². The molecular formula is C14H21NO2S. The molecule has 0 bridgehead atoms. The molecular weight excluding hydrogens is 246 g/mol. The predicted molar refractivity (Wildman–Crippen MR) is 75.9 cm³/mol. The van der Waals surface area contributed by atoms with Crippen molar-refractivity contribution in [1.29, 1.82) is 0 Å². The van der Waals surface area contributed by atoms with Crippen LogP contribution in [0.1, 0.15) is 25.8 Å². The summed E-state index contributed by atoms with van der Waals surface area (Å²) in [6.45, 7) is 4.88. The van der Waals surface area contributed by atoms with Gasteiger partial charge in [0.05, 0.1) is 6.61 Å². The van der Waals surface area contributed by atoms with Crippen LogP contribution in [0.3, 0.4) is 0 Å². The van der Waals surface area contributed by atoms with E-state index in [0.29, 0.717) is 11.8 Å². The highest BCUT2D eigenvalue weighted by atomic mass is 32.2. The third kappa shape index (κ3) is 6.07. The number of benzene rings is 1. The first-order valence-electron chi connectivity index (χ1n) is 6.25. The van der Waals surface area contributed by atoms with Gasteiger partial charge in [-0.25, -0.2) is 0 Å². The van der Waals surface area contributed by atoms with Crippen molar-refractivity contribution in [3.05, 3.63) is 29.8 Å². The third-order valence-electron chi connectivity index (χ3n) is 2.37. The van der Waals surface area contributed by atoms with Gasteiger partial charge in [0.1, 0.15) is 0 Å². The minimum absolute atomic E-state index is 0.0903. The second-order valence-electron chi connectivity index (χ2n) is 4.38. The number of rotatable bonds is 7. The molecule has 0 saturated carbocycles. The van der Waals surface area contributed by atoms with Crippen molar-refractivity contribution in [2.45, 2.75) is 36.8 Å². The predicted octanol–water partition coefficient (Wildman–Crippen LogP) is 2.23. The number of nitrogens with one attached hydrogen (secondary N) is 1. The van der Waals surface area contributed by atoms with Crippen molar-refractivity contribution >= 4 is 17.7 Å². The highest BCUT2D eigenvalue weighted by Crippen LogP contribution is 2.22. The molecule has 0 aliphatic rings. The molecule has 0 fully saturated rings. The summed E-state index contributed by atoms with van der Waals surface area (Å²) in [6.07, 6.45) is 1.01. The van der Waals surface area contributed by atoms with Crippen molar-refractivity contribution in [3.8, 4) is 0 Å². The summed E-state index contributed by atoms with van der Waals surface area (Å²) in [5.74, 6) is -0.0931. The lowest BCUT2D eigenvalue weighted by Crippen LogP contribution is -2.26. The van der Waals surface area contributed by atoms with Crippen LogP contribution in [0.4, 0.5) is 0 Å². The molecule has 1 aromatic carbocycles. The van der Waals surface area contributed by atoms with Crippen LogP contribution < -0.4 is 5.32 Å². The van der Waals surface area contributed by atoms with Gasteiger partial charge in [0, 0.05) is 23.1 Å². The van der Waals surface area contributed by atoms with E-state index in [2.05, 4.69) is 43.4 Å². The van der Waals surface area contributed by atoms with Gasteiger partial charge in [0.25, 0.3) is 0 Å². The van der Waals surface area contributed by atoms with Crippen LogP contribution in [-0.2, 0) is 11.2 Å². The molecule has 1 rings (SSSR count). The van der Waals surface area contributed by atoms with E-state index in [9.17, 15) is 4.79 Å². The Morgan fingerprint density at radius 2 is 2.00 bits per heavy atom. The molecule has 0 radical (unpaired) electrons. The fourth-order valence-electron chi connectivity index (χ4n) is 1.54. The molecule has 0 unspecified atom stereocenters. The first kappa shape index (κ1) is 15.1. The van der Waals surface area contributed by atoms with Gasteiger partial charge in [0.15, 0.2) is 0 Å². The van der Waals surface area contributed by atoms with Crippen LogP contribution in [0, 0.1) is 0 Å². The molecule has 0 heterocycles. The average molecular weight is 267 g/mol. The molecule has 0 aliphatic heterocycles. The molecule has 0 saturated heterocycles. The molecule has 1 aromatic rings. The smallest absolute Gasteiger partial charge is 0.222 e. The largest absolute Gasteiger partial charge is 0.396 e. The monoisotopic (exact) mass is 267 g/mol. The van der Waals surface area contributed by atoms with Crippen LogP contribution in [0.5, 0.6) is 0 Å². The molecule has 100 valence electrons. The van der Waals surface area contributed by atoms with Gasteiger partial charge in [0.2, 0.25) is 5.91 Å². The van der Waals surface area contributed by atoms with Crippen molar-refractivity contribution < 1.29 is 9.90 Å². The fraction of sp³-hybridized carbons (Fsp3) is 0.500. The van der Waals surface area contributed by atoms with Crippen LogP contribution in [0.25, 0.3) is 0 Å². The Morgan fingerprint density at radius 3 is 2.56 bits per heavy atom. The van der Waals surface area contributed by atoms with Gasteiger partial charge < -0.3 is 10.4 Å². The Morgan fingerprint density at radius 1 is 1.33 bits per heavy atom. The van der Waals surface area contributed by atoms with E-state index in [-0.39, 0.29) is 18.9 Å². The van der Waals surface area contributed by atoms with E-state index < -0.39 is 0 Å². The zero-order chi connectivity index (χ0) is 13.4. The van der Waals surface area contributed by atoms with Crippen LogP contribution in [0.2, 0.25) is 0 Å². The summed E-state index contributed by atoms with van der Waals surface area (Å²) in [5, 5.41) is 12.0. The molecule has 3 nitrogen and oxygen atoms in total. The summed E-state index contributed by atoms with van der Waals surface area (Å²) >= 11 is 1.84. The quantitative estimate of drug-likeness (QED) is 0.745. The number of hydrogen-bond donors (Lipinski definition) is 2. The van der Waals surface area contributed by atoms with Gasteiger partial charge in [-0.15, -0.1) is 11.8 Å². The van der Waals surface area contributed by atoms with Crippen molar-refractivity contribution in [2.75, 3.05) is 13.2 Å². The highest BCUT2D eigenvalue weighted by molar-refractivity contribution is 7.99. The Balaban J connectivity index is 2.33. The lowest BCUT2D eigenvalue weighted by Gasteiger charge is -2.07. The summed E-state index contributed by atoms with van der Waals surface area (Å²) in [6, 6.07) is 8.44. The normalized spacial score (nSPS) is 10.7. The Bertz CT molecular complexity index is 363. The molecule has 0 aromatic heterocycles. The number of aliphatic hydroxyl groups is 1. The minimum atomic E-state index is -0.0931. The van der Waals surface area contributed by atoms with E-state index in [1.807, 2.05) is 11.8 Å². The van der Waals surface area contributed by atoms with Crippen LogP contribution in [0.15, 0.2) is 29.2 Å². The number of carbonyl (C=O) groups is 1. The number of hydrogen-bond acceptors (Lipinski definition) is 3. The summed E-state index contributed by atoms with van der Waals surface area (Å²) in [5.41, 5.74) is 1.22. The van der Waals surface area contributed by atoms with Gasteiger partial charge in [-0.05, 0) is 24.1 Å². The standard InChI is InChI=1S/C14H21NO2S/c1-11(2)18-13-5-3-12(4-6-13)7-9-15-14(17)8-10-16/h3-6,11,16H,7-10H2,1-2H3,(H,15,17). The minimum Gasteiger partial charge on any atom is -0.396 e. The second kappa shape index (κ2) is 8.16. The molecule has 0 aliphatic carbocycles. The van der Waals surface area contributed by atoms with Crippen LogP contribution in [-0.4, -0.2) is 29.4 Å². The molecule has 0 atom stereocenters. The van der Waals surface area contributed by atoms with E-state index in [1.54, 1.807) is 0 Å². The maximum Gasteiger partial charge on any atom is 0.222 e. The Labute approximate surface area is 113 Å². The highest BCUT2D eigenvalue weighted by Gasteiger charge is 2.01. The maximum atomic E-state index is 11.1. The number of carbonyl (C=O) groups excluding carboxylic acids is 1. The number of aliphatic hydroxyl groups excluding tert-OH is 1. The lowest BCUT2D eigenvalue weighted by molar-refractivity contribution is -0.121. The Hall–Kier alpha value is -1.00. The molecule has 4 heteroatoms. The maximum absolute atomic E-state index is 11.1. The van der Waals surface area contributed by atoms with E-state index >= 15 is 0 Å². The van der Waals surface area contributed by atoms with E-state index in [1.165, 1.54) is 10.5 Å². The average Bonchev–Trinajstić information content (AvgIpc) is 2.31. The van der Waals surface area contributed by atoms with Gasteiger partial charge >= 0.3 is 0 Å². The summed E-state index contributed by atoms with van der Waals surface area (Å²) in [7, 11) is 0. The lowest BCUT2D eigenvalue weighted by atomic mass is 10.1. The second-order valence-corrected chi connectivity index (χ2v) is 6.03. The van der Waals surface area contributed by atoms with Crippen LogP contribution >= 0.6 is 11.8 Å². The molecule has 0 spiro atoms. The van der Waals surface area contributed by atoms with Gasteiger partial charge in [-0.3, -0.25) is 4.79 Å². The number of amides is 1. The first-order valence-corrected chi connectivity index (χ1v) is 7.13. The third-order valence-corrected chi connectivity index (χ3v) is 3.39. The Kier molecular flexibility index (Phi) is 6.83. The number of thioether (sulfide) groups is 1. The molecule has 2 N–H and O–H groups in total. The van der Waals surface area contributed by atoms with Crippen molar-refractivity contribution in [1.82, 2.24) is 5.32 Å². The van der Waals surface area contributed by atoms with Crippen molar-refractivity contribution in [3.63, 3.8) is 0 Å². The summed E-state index contributed by atoms with van der Waals surface area (Å²) in [4.78, 5) is 12.4. The van der Waals surface area contributed by atoms with Gasteiger partial charge in [-0.1, -0.05) is 26.0 Å². The van der Waals surface area contributed by atoms with Gasteiger partial charge in [-0.2, -0.15) is 0 Å². The van der Waals surface area contributed by atoms with E-state index in [4.69, 9.17) is 5.11 Å². The topological polar surface area (TPSA) is 49.3 Å². The zero-order valence-electron chi connectivity index (χ0n) is 11.0. The summed E-state index contributed by atoms with van der Waals surface area (Å²) < 4.78 is 0. The zero-order valence-corrected chi connectivity index (χ0v) is 11.8. The molecule has 18 heavy (non-hydrogen) atoms.